The maximum Gasteiger partial charge on any atom is 0.267 e. The van der Waals surface area contributed by atoms with Gasteiger partial charge in [0, 0.05) is 30.2 Å². The summed E-state index contributed by atoms with van der Waals surface area (Å²) in [5, 5.41) is 16.5. The lowest BCUT2D eigenvalue weighted by molar-refractivity contribution is -0.0221. The molecule has 4 heterocycles. The minimum atomic E-state index is -0.457. The molecule has 0 aliphatic carbocycles. The standard InChI is InChI=1S/C18H19N5O4S2/c1-10-14(29-22-21-10)18(26)23-6-8-27-12(9-23)13-11-3-2-4-20-17(11)28-15(13)16(25)19-5-7-24/h2-4,12,24H,5-9H2,1H3,(H,19,25)/t12-/m1/s1. The molecule has 0 spiro atoms. The number of thiophene rings is 1. The fraction of sp³-hybridized carbons (Fsp3) is 0.389. The normalized spacial score (nSPS) is 16.9. The highest BCUT2D eigenvalue weighted by Crippen LogP contribution is 2.37. The first-order chi connectivity index (χ1) is 14.1. The summed E-state index contributed by atoms with van der Waals surface area (Å²) in [5.41, 5.74) is 1.34. The van der Waals surface area contributed by atoms with Crippen molar-refractivity contribution in [1.29, 1.82) is 0 Å². The summed E-state index contributed by atoms with van der Waals surface area (Å²) in [6.07, 6.45) is 1.22. The number of pyridine rings is 1. The lowest BCUT2D eigenvalue weighted by atomic mass is 10.0. The van der Waals surface area contributed by atoms with Crippen LogP contribution >= 0.6 is 22.9 Å². The van der Waals surface area contributed by atoms with Crippen LogP contribution in [0.25, 0.3) is 10.2 Å². The first-order valence-corrected chi connectivity index (χ1v) is 10.7. The van der Waals surface area contributed by atoms with Gasteiger partial charge < -0.3 is 20.1 Å². The third kappa shape index (κ3) is 3.86. The van der Waals surface area contributed by atoms with Crippen LogP contribution in [-0.4, -0.2) is 69.2 Å². The Labute approximate surface area is 174 Å². The molecule has 1 atom stereocenters. The summed E-state index contributed by atoms with van der Waals surface area (Å²) >= 11 is 2.36. The number of hydrogen-bond donors (Lipinski definition) is 2. The second-order valence-corrected chi connectivity index (χ2v) is 8.23. The van der Waals surface area contributed by atoms with Gasteiger partial charge in [-0.25, -0.2) is 4.98 Å². The van der Waals surface area contributed by atoms with Gasteiger partial charge in [-0.3, -0.25) is 9.59 Å². The lowest BCUT2D eigenvalue weighted by Crippen LogP contribution is -2.42. The molecule has 2 N–H and O–H groups in total. The zero-order valence-corrected chi connectivity index (χ0v) is 17.3. The zero-order chi connectivity index (χ0) is 20.4. The molecule has 9 nitrogen and oxygen atoms in total. The molecule has 1 aliphatic heterocycles. The van der Waals surface area contributed by atoms with Crippen LogP contribution in [0.5, 0.6) is 0 Å². The van der Waals surface area contributed by atoms with E-state index in [2.05, 4.69) is 19.9 Å². The van der Waals surface area contributed by atoms with E-state index in [-0.39, 0.29) is 25.0 Å². The molecular formula is C18H19N5O4S2. The molecule has 29 heavy (non-hydrogen) atoms. The van der Waals surface area contributed by atoms with E-state index in [1.54, 1.807) is 18.0 Å². The van der Waals surface area contributed by atoms with Crippen LogP contribution in [0.4, 0.5) is 0 Å². The Balaban J connectivity index is 1.67. The fourth-order valence-corrected chi connectivity index (χ4v) is 5.01. The minimum absolute atomic E-state index is 0.130. The molecule has 0 saturated carbocycles. The second kappa shape index (κ2) is 8.49. The number of amides is 2. The molecule has 3 aromatic heterocycles. The van der Waals surface area contributed by atoms with Crippen molar-refractivity contribution < 1.29 is 19.4 Å². The number of carbonyl (C=O) groups is 2. The number of aliphatic hydroxyl groups is 1. The van der Waals surface area contributed by atoms with Crippen molar-refractivity contribution in [3.8, 4) is 0 Å². The van der Waals surface area contributed by atoms with Gasteiger partial charge in [-0.05, 0) is 24.5 Å². The monoisotopic (exact) mass is 433 g/mol. The maximum absolute atomic E-state index is 12.9. The first kappa shape index (κ1) is 19.8. The highest BCUT2D eigenvalue weighted by Gasteiger charge is 2.33. The van der Waals surface area contributed by atoms with E-state index in [1.165, 1.54) is 11.3 Å². The van der Waals surface area contributed by atoms with Crippen molar-refractivity contribution in [3.63, 3.8) is 0 Å². The van der Waals surface area contributed by atoms with Crippen LogP contribution in [0.15, 0.2) is 18.3 Å². The molecule has 2 amide bonds. The number of morpholine rings is 1. The van der Waals surface area contributed by atoms with Crippen molar-refractivity contribution in [1.82, 2.24) is 24.8 Å². The Morgan fingerprint density at radius 1 is 1.41 bits per heavy atom. The third-order valence-electron chi connectivity index (χ3n) is 4.63. The average molecular weight is 434 g/mol. The summed E-state index contributed by atoms with van der Waals surface area (Å²) < 4.78 is 9.83. The van der Waals surface area contributed by atoms with Crippen LogP contribution in [0.3, 0.4) is 0 Å². The summed E-state index contributed by atoms with van der Waals surface area (Å²) in [5.74, 6) is -0.415. The molecule has 1 saturated heterocycles. The van der Waals surface area contributed by atoms with E-state index < -0.39 is 6.10 Å². The fourth-order valence-electron chi connectivity index (χ4n) is 3.27. The van der Waals surface area contributed by atoms with Gasteiger partial charge in [-0.15, -0.1) is 16.4 Å². The minimum Gasteiger partial charge on any atom is -0.395 e. The number of nitrogens with one attached hydrogen (secondary N) is 1. The number of fused-ring (bicyclic) bond motifs is 1. The molecule has 0 unspecified atom stereocenters. The average Bonchev–Trinajstić information content (AvgIpc) is 3.35. The van der Waals surface area contributed by atoms with Gasteiger partial charge in [-0.2, -0.15) is 0 Å². The number of rotatable bonds is 5. The maximum atomic E-state index is 12.9. The van der Waals surface area contributed by atoms with E-state index in [9.17, 15) is 9.59 Å². The van der Waals surface area contributed by atoms with Crippen molar-refractivity contribution in [2.24, 2.45) is 0 Å². The molecule has 0 bridgehead atoms. The predicted octanol–water partition coefficient (Wildman–Crippen LogP) is 1.39. The third-order valence-corrected chi connectivity index (χ3v) is 6.57. The molecule has 0 radical (unpaired) electrons. The van der Waals surface area contributed by atoms with Crippen LogP contribution in [0, 0.1) is 6.92 Å². The second-order valence-electron chi connectivity index (χ2n) is 6.48. The van der Waals surface area contributed by atoms with Crippen LogP contribution in [-0.2, 0) is 4.74 Å². The van der Waals surface area contributed by atoms with Crippen LogP contribution in [0.1, 0.15) is 36.7 Å². The van der Waals surface area contributed by atoms with Crippen molar-refractivity contribution >= 4 is 44.9 Å². The Kier molecular flexibility index (Phi) is 5.81. The summed E-state index contributed by atoms with van der Waals surface area (Å²) in [6, 6.07) is 3.71. The highest BCUT2D eigenvalue weighted by molar-refractivity contribution is 7.20. The van der Waals surface area contributed by atoms with E-state index in [4.69, 9.17) is 9.84 Å². The van der Waals surface area contributed by atoms with Crippen molar-refractivity contribution in [2.45, 2.75) is 13.0 Å². The SMILES string of the molecule is Cc1nnsc1C(=O)N1CCO[C@@H](c2c(C(=O)NCCO)sc3ncccc23)C1. The summed E-state index contributed by atoms with van der Waals surface area (Å²) in [4.78, 5) is 33.4. The number of aryl methyl sites for hydroxylation is 1. The number of aromatic nitrogens is 3. The van der Waals surface area contributed by atoms with Gasteiger partial charge in [0.25, 0.3) is 11.8 Å². The van der Waals surface area contributed by atoms with Gasteiger partial charge >= 0.3 is 0 Å². The van der Waals surface area contributed by atoms with Gasteiger partial charge in [0.15, 0.2) is 0 Å². The molecule has 11 heteroatoms. The zero-order valence-electron chi connectivity index (χ0n) is 15.6. The predicted molar refractivity (Wildman–Crippen MR) is 108 cm³/mol. The Hall–Kier alpha value is -2.47. The highest BCUT2D eigenvalue weighted by atomic mass is 32.1. The Bertz CT molecular complexity index is 1050. The van der Waals surface area contributed by atoms with Gasteiger partial charge in [0.1, 0.15) is 20.7 Å². The first-order valence-electron chi connectivity index (χ1n) is 9.06. The number of aliphatic hydroxyl groups excluding tert-OH is 1. The number of nitrogens with zero attached hydrogens (tertiary/aromatic N) is 4. The van der Waals surface area contributed by atoms with Crippen molar-refractivity contribution in [2.75, 3.05) is 32.8 Å². The molecule has 3 aromatic rings. The van der Waals surface area contributed by atoms with E-state index in [0.29, 0.717) is 35.1 Å². The molecular weight excluding hydrogens is 414 g/mol. The largest absolute Gasteiger partial charge is 0.395 e. The smallest absolute Gasteiger partial charge is 0.267 e. The van der Waals surface area contributed by atoms with Crippen LogP contribution < -0.4 is 5.32 Å². The topological polar surface area (TPSA) is 118 Å². The van der Waals surface area contributed by atoms with Gasteiger partial charge in [-0.1, -0.05) is 10.6 Å². The van der Waals surface area contributed by atoms with E-state index in [0.717, 1.165) is 27.3 Å². The van der Waals surface area contributed by atoms with E-state index >= 15 is 0 Å². The number of ether oxygens (including phenoxy) is 1. The Morgan fingerprint density at radius 3 is 3.03 bits per heavy atom. The number of carbonyl (C=O) groups excluding carboxylic acids is 2. The summed E-state index contributed by atoms with van der Waals surface area (Å²) in [7, 11) is 0. The lowest BCUT2D eigenvalue weighted by Gasteiger charge is -2.33. The van der Waals surface area contributed by atoms with Crippen LogP contribution in [0.2, 0.25) is 0 Å². The van der Waals surface area contributed by atoms with Crippen molar-refractivity contribution in [3.05, 3.63) is 39.3 Å². The van der Waals surface area contributed by atoms with E-state index in [1.807, 2.05) is 12.1 Å². The van der Waals surface area contributed by atoms with Gasteiger partial charge in [0.05, 0.1) is 25.5 Å². The molecule has 1 fully saturated rings. The molecule has 0 aromatic carbocycles. The summed E-state index contributed by atoms with van der Waals surface area (Å²) in [6.45, 7) is 2.91. The number of hydrogen-bond acceptors (Lipinski definition) is 9. The quantitative estimate of drug-likeness (QED) is 0.624. The Morgan fingerprint density at radius 2 is 2.28 bits per heavy atom. The molecule has 1 aliphatic rings. The molecule has 152 valence electrons. The molecule has 4 rings (SSSR count). The van der Waals surface area contributed by atoms with Gasteiger partial charge in [0.2, 0.25) is 0 Å².